The van der Waals surface area contributed by atoms with Crippen LogP contribution in [-0.2, 0) is 6.18 Å². The molecule has 1 atom stereocenters. The molecule has 2 heterocycles. The Bertz CT molecular complexity index is 633. The Kier molecular flexibility index (Phi) is 4.93. The fraction of sp³-hybridized carbons (Fsp3) is 0.600. The fourth-order valence-electron chi connectivity index (χ4n) is 2.40. The molecule has 0 saturated carbocycles. The van der Waals surface area contributed by atoms with E-state index in [4.69, 9.17) is 0 Å². The summed E-state index contributed by atoms with van der Waals surface area (Å²) in [5, 5.41) is 7.37. The number of hydrogen-bond acceptors (Lipinski definition) is 3. The maximum atomic E-state index is 13.0. The van der Waals surface area contributed by atoms with Crippen molar-refractivity contribution >= 4 is 11.5 Å². The molecular formula is C15H21F3N4. The summed E-state index contributed by atoms with van der Waals surface area (Å²) in [7, 11) is 0. The van der Waals surface area contributed by atoms with Gasteiger partial charge in [0.2, 0.25) is 0 Å². The third-order valence-corrected chi connectivity index (χ3v) is 3.62. The molecule has 22 heavy (non-hydrogen) atoms. The number of nitrogens with one attached hydrogen (secondary N) is 1. The molecular weight excluding hydrogens is 293 g/mol. The zero-order valence-electron chi connectivity index (χ0n) is 13.0. The number of nitrogens with zero attached hydrogens (tertiary/aromatic N) is 3. The van der Waals surface area contributed by atoms with Crippen LogP contribution in [0, 0.1) is 6.92 Å². The lowest BCUT2D eigenvalue weighted by molar-refractivity contribution is -0.137. The molecule has 2 rings (SSSR count). The average molecular weight is 314 g/mol. The summed E-state index contributed by atoms with van der Waals surface area (Å²) in [4.78, 5) is 4.06. The van der Waals surface area contributed by atoms with Gasteiger partial charge in [-0.2, -0.15) is 17.7 Å². The number of unbranched alkanes of at least 4 members (excludes halogenated alkanes) is 1. The lowest BCUT2D eigenvalue weighted by atomic mass is 10.1. The van der Waals surface area contributed by atoms with Gasteiger partial charge in [0.05, 0.1) is 5.56 Å². The minimum atomic E-state index is -4.40. The van der Waals surface area contributed by atoms with Crippen LogP contribution in [0.4, 0.5) is 19.0 Å². The summed E-state index contributed by atoms with van der Waals surface area (Å²) >= 11 is 0. The van der Waals surface area contributed by atoms with Crippen LogP contribution in [0.2, 0.25) is 0 Å². The van der Waals surface area contributed by atoms with Gasteiger partial charge in [-0.05, 0) is 31.9 Å². The Balaban J connectivity index is 2.41. The average Bonchev–Trinajstić information content (AvgIpc) is 2.82. The molecule has 1 unspecified atom stereocenters. The first kappa shape index (κ1) is 16.6. The van der Waals surface area contributed by atoms with Gasteiger partial charge in [-0.15, -0.1) is 5.10 Å². The molecule has 0 aromatic carbocycles. The van der Waals surface area contributed by atoms with E-state index in [1.807, 2.05) is 6.92 Å². The highest BCUT2D eigenvalue weighted by Crippen LogP contribution is 2.32. The molecule has 0 fully saturated rings. The molecule has 0 saturated heterocycles. The third kappa shape index (κ3) is 3.69. The minimum absolute atomic E-state index is 0.121. The van der Waals surface area contributed by atoms with Crippen molar-refractivity contribution in [1.82, 2.24) is 14.6 Å². The quantitative estimate of drug-likeness (QED) is 0.857. The lowest BCUT2D eigenvalue weighted by Gasteiger charge is -2.19. The highest BCUT2D eigenvalue weighted by atomic mass is 19.4. The van der Waals surface area contributed by atoms with Crippen LogP contribution in [0.25, 0.3) is 5.65 Å². The van der Waals surface area contributed by atoms with Crippen LogP contribution < -0.4 is 5.32 Å². The van der Waals surface area contributed by atoms with E-state index in [-0.39, 0.29) is 11.7 Å². The van der Waals surface area contributed by atoms with Crippen molar-refractivity contribution < 1.29 is 13.2 Å². The molecule has 0 spiro atoms. The van der Waals surface area contributed by atoms with Gasteiger partial charge in [0, 0.05) is 6.04 Å². The van der Waals surface area contributed by atoms with Crippen molar-refractivity contribution in [2.24, 2.45) is 0 Å². The summed E-state index contributed by atoms with van der Waals surface area (Å²) in [6.45, 7) is 5.78. The van der Waals surface area contributed by atoms with Crippen molar-refractivity contribution in [2.75, 3.05) is 5.32 Å². The normalized spacial score (nSPS) is 13.5. The molecule has 0 aliphatic carbocycles. The molecule has 0 amide bonds. The predicted octanol–water partition coefficient (Wildman–Crippen LogP) is 4.44. The van der Waals surface area contributed by atoms with Crippen LogP contribution in [0.5, 0.6) is 0 Å². The summed E-state index contributed by atoms with van der Waals surface area (Å²) in [6, 6.07) is 2.25. The van der Waals surface area contributed by atoms with Crippen LogP contribution in [0.1, 0.15) is 50.9 Å². The minimum Gasteiger partial charge on any atom is -0.367 e. The first-order valence-electron chi connectivity index (χ1n) is 7.56. The number of pyridine rings is 1. The summed E-state index contributed by atoms with van der Waals surface area (Å²) in [6.07, 6.45) is -0.560. The number of fused-ring (bicyclic) bond motifs is 1. The Morgan fingerprint density at radius 1 is 1.27 bits per heavy atom. The molecule has 122 valence electrons. The van der Waals surface area contributed by atoms with Gasteiger partial charge < -0.3 is 5.32 Å². The number of halogens is 3. The van der Waals surface area contributed by atoms with Gasteiger partial charge in [-0.3, -0.25) is 0 Å². The maximum absolute atomic E-state index is 13.0. The molecule has 1 N–H and O–H groups in total. The maximum Gasteiger partial charge on any atom is 0.416 e. The van der Waals surface area contributed by atoms with Crippen molar-refractivity contribution in [3.05, 3.63) is 23.5 Å². The molecule has 0 aliphatic heterocycles. The molecule has 0 aliphatic rings. The second-order valence-electron chi connectivity index (χ2n) is 5.45. The van der Waals surface area contributed by atoms with E-state index < -0.39 is 11.7 Å². The number of aromatic nitrogens is 3. The van der Waals surface area contributed by atoms with Gasteiger partial charge in [-0.25, -0.2) is 4.98 Å². The van der Waals surface area contributed by atoms with E-state index in [9.17, 15) is 13.2 Å². The van der Waals surface area contributed by atoms with Crippen molar-refractivity contribution in [2.45, 2.75) is 58.7 Å². The summed E-state index contributed by atoms with van der Waals surface area (Å²) in [5.74, 6) is 0.789. The third-order valence-electron chi connectivity index (χ3n) is 3.62. The highest BCUT2D eigenvalue weighted by Gasteiger charge is 2.32. The molecule has 7 heteroatoms. The molecule has 0 radical (unpaired) electrons. The van der Waals surface area contributed by atoms with Gasteiger partial charge in [0.25, 0.3) is 0 Å². The SMILES string of the molecule is CCCCC(CC)Nc1cc(C(F)(F)F)cc2nc(C)nn12. The van der Waals surface area contributed by atoms with Crippen LogP contribution >= 0.6 is 0 Å². The Morgan fingerprint density at radius 2 is 2.00 bits per heavy atom. The fourth-order valence-corrected chi connectivity index (χ4v) is 2.40. The summed E-state index contributed by atoms with van der Waals surface area (Å²) in [5.41, 5.74) is -0.500. The van der Waals surface area contributed by atoms with Gasteiger partial charge in [0.15, 0.2) is 5.65 Å². The lowest BCUT2D eigenvalue weighted by Crippen LogP contribution is -2.21. The topological polar surface area (TPSA) is 42.2 Å². The molecule has 0 bridgehead atoms. The van der Waals surface area contributed by atoms with E-state index in [1.54, 1.807) is 6.92 Å². The number of rotatable bonds is 6. The first-order valence-corrected chi connectivity index (χ1v) is 7.56. The van der Waals surface area contributed by atoms with E-state index in [0.29, 0.717) is 11.6 Å². The predicted molar refractivity (Wildman–Crippen MR) is 80.0 cm³/mol. The van der Waals surface area contributed by atoms with Gasteiger partial charge >= 0.3 is 6.18 Å². The smallest absolute Gasteiger partial charge is 0.367 e. The van der Waals surface area contributed by atoms with Crippen molar-refractivity contribution in [1.29, 1.82) is 0 Å². The molecule has 4 nitrogen and oxygen atoms in total. The Morgan fingerprint density at radius 3 is 2.59 bits per heavy atom. The van der Waals surface area contributed by atoms with E-state index >= 15 is 0 Å². The van der Waals surface area contributed by atoms with Crippen LogP contribution in [-0.4, -0.2) is 20.6 Å². The first-order chi connectivity index (χ1) is 10.3. The monoisotopic (exact) mass is 314 g/mol. The number of aryl methyl sites for hydroxylation is 1. The van der Waals surface area contributed by atoms with E-state index in [2.05, 4.69) is 22.3 Å². The van der Waals surface area contributed by atoms with Gasteiger partial charge in [-0.1, -0.05) is 26.7 Å². The standard InChI is InChI=1S/C15H21F3N4/c1-4-6-7-12(5-2)20-14-9-11(15(16,17)18)8-13-19-10(3)21-22(13)14/h8-9,12,20H,4-7H2,1-3H3. The van der Waals surface area contributed by atoms with Crippen molar-refractivity contribution in [3.63, 3.8) is 0 Å². The highest BCUT2D eigenvalue weighted by molar-refractivity contribution is 5.53. The number of alkyl halides is 3. The zero-order valence-corrected chi connectivity index (χ0v) is 13.0. The Labute approximate surface area is 127 Å². The van der Waals surface area contributed by atoms with Crippen molar-refractivity contribution in [3.8, 4) is 0 Å². The van der Waals surface area contributed by atoms with Crippen LogP contribution in [0.3, 0.4) is 0 Å². The van der Waals surface area contributed by atoms with Gasteiger partial charge in [0.1, 0.15) is 11.6 Å². The number of anilines is 1. The Hall–Kier alpha value is -1.79. The zero-order chi connectivity index (χ0) is 16.3. The van der Waals surface area contributed by atoms with E-state index in [0.717, 1.165) is 37.8 Å². The second kappa shape index (κ2) is 6.54. The second-order valence-corrected chi connectivity index (χ2v) is 5.45. The van der Waals surface area contributed by atoms with Crippen LogP contribution in [0.15, 0.2) is 12.1 Å². The summed E-state index contributed by atoms with van der Waals surface area (Å²) < 4.78 is 40.6. The molecule has 2 aromatic heterocycles. The van der Waals surface area contributed by atoms with E-state index in [1.165, 1.54) is 4.52 Å². The number of hydrogen-bond donors (Lipinski definition) is 1. The largest absolute Gasteiger partial charge is 0.416 e. The molecule has 2 aromatic rings.